The molecule has 0 bridgehead atoms. The maximum absolute atomic E-state index is 12.5. The first kappa shape index (κ1) is 16.4. The van der Waals surface area contributed by atoms with Gasteiger partial charge in [-0.2, -0.15) is 5.26 Å². The molecule has 7 nitrogen and oxygen atoms in total. The predicted octanol–water partition coefficient (Wildman–Crippen LogP) is 1.77. The van der Waals surface area contributed by atoms with Crippen molar-refractivity contribution in [3.63, 3.8) is 0 Å². The summed E-state index contributed by atoms with van der Waals surface area (Å²) in [6.07, 6.45) is 1.08. The van der Waals surface area contributed by atoms with Gasteiger partial charge in [-0.05, 0) is 23.6 Å². The summed E-state index contributed by atoms with van der Waals surface area (Å²) < 4.78 is 0.969. The fourth-order valence-electron chi connectivity index (χ4n) is 2.26. The fourth-order valence-corrected chi connectivity index (χ4v) is 2.95. The van der Waals surface area contributed by atoms with E-state index < -0.39 is 17.2 Å². The maximum atomic E-state index is 12.5. The van der Waals surface area contributed by atoms with Crippen LogP contribution in [0.2, 0.25) is 0 Å². The lowest BCUT2D eigenvalue weighted by atomic mass is 10.2. The zero-order valence-corrected chi connectivity index (χ0v) is 13.7. The number of benzene rings is 1. The second-order valence-corrected chi connectivity index (χ2v) is 6.12. The molecule has 3 aromatic rings. The number of carbonyl (C=O) groups is 1. The highest BCUT2D eigenvalue weighted by atomic mass is 32.1. The quantitative estimate of drug-likeness (QED) is 0.746. The first-order valence-corrected chi connectivity index (χ1v) is 8.13. The first-order chi connectivity index (χ1) is 12.1. The third kappa shape index (κ3) is 3.41. The Morgan fingerprint density at radius 2 is 2.04 bits per heavy atom. The Kier molecular flexibility index (Phi) is 4.59. The van der Waals surface area contributed by atoms with Crippen LogP contribution in [-0.4, -0.2) is 15.5 Å². The number of nitrogens with one attached hydrogen (secondary N) is 2. The number of thiophene rings is 1. The zero-order chi connectivity index (χ0) is 17.8. The van der Waals surface area contributed by atoms with E-state index >= 15 is 0 Å². The van der Waals surface area contributed by atoms with Crippen molar-refractivity contribution in [1.82, 2.24) is 9.55 Å². The van der Waals surface area contributed by atoms with Gasteiger partial charge in [0.05, 0.1) is 17.8 Å². The highest BCUT2D eigenvalue weighted by Gasteiger charge is 2.16. The lowest BCUT2D eigenvalue weighted by Gasteiger charge is -2.08. The molecule has 0 radical (unpaired) electrons. The Balaban J connectivity index is 1.95. The number of amides is 1. The van der Waals surface area contributed by atoms with Crippen molar-refractivity contribution < 1.29 is 4.79 Å². The van der Waals surface area contributed by atoms with Gasteiger partial charge in [0.15, 0.2) is 0 Å². The molecular weight excluding hydrogens is 340 g/mol. The van der Waals surface area contributed by atoms with Crippen LogP contribution >= 0.6 is 11.3 Å². The van der Waals surface area contributed by atoms with Crippen molar-refractivity contribution in [3.05, 3.63) is 84.8 Å². The zero-order valence-electron chi connectivity index (χ0n) is 12.9. The molecule has 0 saturated carbocycles. The number of carbonyl (C=O) groups excluding carboxylic acids is 1. The summed E-state index contributed by atoms with van der Waals surface area (Å²) in [5.41, 5.74) is -0.912. The van der Waals surface area contributed by atoms with Gasteiger partial charge < -0.3 is 10.3 Å². The highest BCUT2D eigenvalue weighted by Crippen LogP contribution is 2.14. The largest absolute Gasteiger partial charge is 0.328 e. The van der Waals surface area contributed by atoms with Crippen molar-refractivity contribution in [3.8, 4) is 6.07 Å². The van der Waals surface area contributed by atoms with Gasteiger partial charge in [0.25, 0.3) is 11.5 Å². The minimum Gasteiger partial charge on any atom is -0.321 e. The number of nitriles is 1. The second kappa shape index (κ2) is 6.98. The van der Waals surface area contributed by atoms with Crippen LogP contribution < -0.4 is 16.6 Å². The number of nitrogens with zero attached hydrogens (tertiary/aromatic N) is 2. The van der Waals surface area contributed by atoms with Crippen LogP contribution in [0.15, 0.2) is 57.6 Å². The molecule has 2 heterocycles. The molecule has 1 amide bonds. The van der Waals surface area contributed by atoms with E-state index in [4.69, 9.17) is 5.26 Å². The average molecular weight is 352 g/mol. The van der Waals surface area contributed by atoms with Crippen molar-refractivity contribution >= 4 is 22.9 Å². The summed E-state index contributed by atoms with van der Waals surface area (Å²) in [7, 11) is 0. The van der Waals surface area contributed by atoms with E-state index in [1.807, 2.05) is 17.5 Å². The summed E-state index contributed by atoms with van der Waals surface area (Å²) in [6.45, 7) is 0.0851. The van der Waals surface area contributed by atoms with Gasteiger partial charge in [0, 0.05) is 11.1 Å². The summed E-state index contributed by atoms with van der Waals surface area (Å²) in [5.74, 6) is -0.691. The van der Waals surface area contributed by atoms with E-state index in [0.717, 1.165) is 15.6 Å². The summed E-state index contributed by atoms with van der Waals surface area (Å²) in [5, 5.41) is 13.4. The van der Waals surface area contributed by atoms with Crippen molar-refractivity contribution in [2.75, 3.05) is 5.32 Å². The van der Waals surface area contributed by atoms with E-state index in [1.54, 1.807) is 30.3 Å². The highest BCUT2D eigenvalue weighted by molar-refractivity contribution is 7.09. The predicted molar refractivity (Wildman–Crippen MR) is 93.9 cm³/mol. The van der Waals surface area contributed by atoms with Crippen LogP contribution in [0.25, 0.3) is 0 Å². The molecule has 124 valence electrons. The van der Waals surface area contributed by atoms with Gasteiger partial charge in [-0.15, -0.1) is 11.3 Å². The van der Waals surface area contributed by atoms with Crippen LogP contribution in [0.4, 0.5) is 5.69 Å². The molecule has 0 saturated heterocycles. The van der Waals surface area contributed by atoms with Gasteiger partial charge in [0.1, 0.15) is 11.6 Å². The molecule has 8 heteroatoms. The summed E-state index contributed by atoms with van der Waals surface area (Å²) in [6, 6.07) is 12.0. The molecular formula is C17H12N4O3S. The number of aromatic amines is 1. The van der Waals surface area contributed by atoms with E-state index in [9.17, 15) is 14.4 Å². The third-order valence-corrected chi connectivity index (χ3v) is 4.36. The first-order valence-electron chi connectivity index (χ1n) is 7.25. The summed E-state index contributed by atoms with van der Waals surface area (Å²) in [4.78, 5) is 40.1. The lowest BCUT2D eigenvalue weighted by molar-refractivity contribution is 0.102. The van der Waals surface area contributed by atoms with Crippen LogP contribution in [0.3, 0.4) is 0 Å². The molecule has 0 aliphatic heterocycles. The Bertz CT molecular complexity index is 1070. The minimum atomic E-state index is -0.691. The number of para-hydroxylation sites is 1. The van der Waals surface area contributed by atoms with Gasteiger partial charge >= 0.3 is 5.69 Å². The van der Waals surface area contributed by atoms with Gasteiger partial charge in [-0.25, -0.2) is 4.79 Å². The van der Waals surface area contributed by atoms with Crippen molar-refractivity contribution in [1.29, 1.82) is 5.26 Å². The van der Waals surface area contributed by atoms with E-state index in [1.165, 1.54) is 11.3 Å². The molecule has 2 aromatic heterocycles. The van der Waals surface area contributed by atoms with Crippen LogP contribution in [-0.2, 0) is 6.54 Å². The van der Waals surface area contributed by atoms with E-state index in [0.29, 0.717) is 5.69 Å². The van der Waals surface area contributed by atoms with Gasteiger partial charge in [0.2, 0.25) is 0 Å². The molecule has 25 heavy (non-hydrogen) atoms. The van der Waals surface area contributed by atoms with Crippen LogP contribution in [0.1, 0.15) is 20.8 Å². The Hall–Kier alpha value is -3.44. The summed E-state index contributed by atoms with van der Waals surface area (Å²) >= 11 is 1.41. The Morgan fingerprint density at radius 3 is 2.76 bits per heavy atom. The molecule has 0 atom stereocenters. The number of H-pyrrole nitrogens is 1. The Morgan fingerprint density at radius 1 is 1.24 bits per heavy atom. The molecule has 0 aliphatic rings. The third-order valence-electron chi connectivity index (χ3n) is 3.50. The monoisotopic (exact) mass is 352 g/mol. The molecule has 1 aromatic carbocycles. The molecule has 3 rings (SSSR count). The lowest BCUT2D eigenvalue weighted by Crippen LogP contribution is -2.39. The number of hydrogen-bond donors (Lipinski definition) is 2. The number of rotatable bonds is 4. The van der Waals surface area contributed by atoms with Crippen molar-refractivity contribution in [2.45, 2.75) is 6.54 Å². The molecule has 0 aliphatic carbocycles. The maximum Gasteiger partial charge on any atom is 0.328 e. The topological polar surface area (TPSA) is 108 Å². The Labute approximate surface area is 145 Å². The normalized spacial score (nSPS) is 10.2. The second-order valence-electron chi connectivity index (χ2n) is 5.09. The van der Waals surface area contributed by atoms with Crippen molar-refractivity contribution in [2.24, 2.45) is 0 Å². The minimum absolute atomic E-state index is 0.0851. The SMILES string of the molecule is N#Cc1ccccc1NC(=O)c1c[nH]c(=O)n(Cc2cccs2)c1=O. The van der Waals surface area contributed by atoms with Crippen LogP contribution in [0.5, 0.6) is 0 Å². The van der Waals surface area contributed by atoms with Crippen LogP contribution in [0, 0.1) is 11.3 Å². The molecule has 2 N–H and O–H groups in total. The van der Waals surface area contributed by atoms with E-state index in [2.05, 4.69) is 10.3 Å². The number of anilines is 1. The fraction of sp³-hybridized carbons (Fsp3) is 0.0588. The van der Waals surface area contributed by atoms with E-state index in [-0.39, 0.29) is 17.7 Å². The van der Waals surface area contributed by atoms with Gasteiger partial charge in [-0.3, -0.25) is 14.2 Å². The molecule has 0 fully saturated rings. The molecule has 0 unspecified atom stereocenters. The standard InChI is InChI=1S/C17H12N4O3S/c18-8-11-4-1-2-6-14(11)20-15(22)13-9-19-17(24)21(16(13)23)10-12-5-3-7-25-12/h1-7,9H,10H2,(H,19,24)(H,20,22). The van der Waals surface area contributed by atoms with Gasteiger partial charge in [-0.1, -0.05) is 18.2 Å². The number of hydrogen-bond acceptors (Lipinski definition) is 5. The number of aromatic nitrogens is 2. The molecule has 0 spiro atoms. The average Bonchev–Trinajstić information content (AvgIpc) is 3.12. The smallest absolute Gasteiger partial charge is 0.321 e.